The van der Waals surface area contributed by atoms with E-state index >= 15 is 0 Å². The van der Waals surface area contributed by atoms with Gasteiger partial charge in [0.1, 0.15) is 5.60 Å². The van der Waals surface area contributed by atoms with Crippen molar-refractivity contribution < 1.29 is 14.3 Å². The third-order valence-electron chi connectivity index (χ3n) is 3.86. The van der Waals surface area contributed by atoms with E-state index in [9.17, 15) is 9.59 Å². The van der Waals surface area contributed by atoms with Gasteiger partial charge in [0.25, 0.3) is 5.91 Å². The maximum atomic E-state index is 12.3. The van der Waals surface area contributed by atoms with Crippen LogP contribution in [0.3, 0.4) is 0 Å². The topological polar surface area (TPSA) is 61.9 Å². The Balaban J connectivity index is 1.87. The first kappa shape index (κ1) is 14.3. The molecule has 2 fully saturated rings. The number of hydrogen-bond acceptors (Lipinski definition) is 4. The summed E-state index contributed by atoms with van der Waals surface area (Å²) in [5.41, 5.74) is -0.738. The number of amides is 2. The fraction of sp³-hybridized carbons (Fsp3) is 0.846. The summed E-state index contributed by atoms with van der Waals surface area (Å²) in [6, 6.07) is 0. The molecule has 2 amide bonds. The zero-order chi connectivity index (χ0) is 13.9. The Morgan fingerprint density at radius 2 is 2.05 bits per heavy atom. The van der Waals surface area contributed by atoms with Crippen LogP contribution in [0.1, 0.15) is 19.8 Å². The minimum absolute atomic E-state index is 0.0129. The molecule has 108 valence electrons. The lowest BCUT2D eigenvalue weighted by Gasteiger charge is -2.31. The molecule has 0 bridgehead atoms. The predicted molar refractivity (Wildman–Crippen MR) is 70.7 cm³/mol. The first-order valence-electron chi connectivity index (χ1n) is 6.91. The molecule has 2 heterocycles. The van der Waals surface area contributed by atoms with Gasteiger partial charge in [-0.1, -0.05) is 0 Å². The van der Waals surface area contributed by atoms with E-state index in [1.165, 1.54) is 4.90 Å². The van der Waals surface area contributed by atoms with Gasteiger partial charge in [-0.3, -0.25) is 9.59 Å². The van der Waals surface area contributed by atoms with E-state index in [-0.39, 0.29) is 18.4 Å². The Bertz CT molecular complexity index is 347. The van der Waals surface area contributed by atoms with Gasteiger partial charge in [0.15, 0.2) is 0 Å². The van der Waals surface area contributed by atoms with Crippen LogP contribution in [0.5, 0.6) is 0 Å². The van der Waals surface area contributed by atoms with E-state index < -0.39 is 5.60 Å². The molecule has 0 aromatic carbocycles. The maximum absolute atomic E-state index is 12.3. The molecule has 0 aromatic rings. The maximum Gasteiger partial charge on any atom is 0.254 e. The van der Waals surface area contributed by atoms with Gasteiger partial charge in [-0.25, -0.2) is 0 Å². The highest BCUT2D eigenvalue weighted by molar-refractivity contribution is 5.89. The summed E-state index contributed by atoms with van der Waals surface area (Å²) in [7, 11) is 1.68. The lowest BCUT2D eigenvalue weighted by molar-refractivity contribution is -0.153. The van der Waals surface area contributed by atoms with Crippen molar-refractivity contribution in [3.63, 3.8) is 0 Å². The van der Waals surface area contributed by atoms with E-state index in [2.05, 4.69) is 5.32 Å². The second-order valence-electron chi connectivity index (χ2n) is 5.47. The van der Waals surface area contributed by atoms with Crippen molar-refractivity contribution in [2.75, 3.05) is 46.4 Å². The van der Waals surface area contributed by atoms with Gasteiger partial charge in [0.2, 0.25) is 5.91 Å². The highest BCUT2D eigenvalue weighted by Gasteiger charge is 2.40. The third kappa shape index (κ3) is 3.25. The third-order valence-corrected chi connectivity index (χ3v) is 3.86. The molecule has 2 aliphatic rings. The van der Waals surface area contributed by atoms with Crippen LogP contribution in [0.4, 0.5) is 0 Å². The minimum atomic E-state index is -0.738. The summed E-state index contributed by atoms with van der Waals surface area (Å²) >= 11 is 0. The van der Waals surface area contributed by atoms with Crippen molar-refractivity contribution >= 4 is 11.8 Å². The summed E-state index contributed by atoms with van der Waals surface area (Å²) in [6.45, 7) is 5.66. The Morgan fingerprint density at radius 1 is 1.37 bits per heavy atom. The number of rotatable bonds is 3. The number of nitrogens with one attached hydrogen (secondary N) is 1. The van der Waals surface area contributed by atoms with Gasteiger partial charge < -0.3 is 19.9 Å². The first-order chi connectivity index (χ1) is 9.03. The van der Waals surface area contributed by atoms with Crippen LogP contribution in [0.15, 0.2) is 0 Å². The summed E-state index contributed by atoms with van der Waals surface area (Å²) in [4.78, 5) is 27.7. The van der Waals surface area contributed by atoms with Crippen molar-refractivity contribution in [1.82, 2.24) is 15.1 Å². The van der Waals surface area contributed by atoms with Gasteiger partial charge in [0.05, 0.1) is 6.54 Å². The predicted octanol–water partition coefficient (Wildman–Crippen LogP) is -0.554. The fourth-order valence-electron chi connectivity index (χ4n) is 2.64. The molecule has 19 heavy (non-hydrogen) atoms. The molecule has 0 saturated carbocycles. The second-order valence-corrected chi connectivity index (χ2v) is 5.47. The lowest BCUT2D eigenvalue weighted by atomic mass is 10.0. The number of carbonyl (C=O) groups excluding carboxylic acids is 2. The van der Waals surface area contributed by atoms with Crippen molar-refractivity contribution in [2.45, 2.75) is 25.4 Å². The van der Waals surface area contributed by atoms with Gasteiger partial charge in [-0.2, -0.15) is 0 Å². The highest BCUT2D eigenvalue weighted by atomic mass is 16.5. The standard InChI is InChI=1S/C13H23N3O3/c1-13(4-3-9-19-13)12(18)15(2)10-11(17)16-7-5-14-6-8-16/h14H,3-10H2,1-2H3. The summed E-state index contributed by atoms with van der Waals surface area (Å²) < 4.78 is 5.52. The van der Waals surface area contributed by atoms with Gasteiger partial charge >= 0.3 is 0 Å². The smallest absolute Gasteiger partial charge is 0.254 e. The van der Waals surface area contributed by atoms with Crippen molar-refractivity contribution in [2.24, 2.45) is 0 Å². The van der Waals surface area contributed by atoms with Crippen molar-refractivity contribution in [3.05, 3.63) is 0 Å². The zero-order valence-corrected chi connectivity index (χ0v) is 11.8. The molecule has 1 N–H and O–H groups in total. The number of likely N-dealkylation sites (N-methyl/N-ethyl adjacent to an activating group) is 1. The van der Waals surface area contributed by atoms with E-state index in [1.807, 2.05) is 6.92 Å². The molecular formula is C13H23N3O3. The Kier molecular flexibility index (Phi) is 4.42. The molecule has 6 heteroatoms. The van der Waals surface area contributed by atoms with Gasteiger partial charge in [0, 0.05) is 39.8 Å². The van der Waals surface area contributed by atoms with E-state index in [0.29, 0.717) is 19.7 Å². The molecule has 0 aromatic heterocycles. The van der Waals surface area contributed by atoms with Crippen LogP contribution < -0.4 is 5.32 Å². The fourth-order valence-corrected chi connectivity index (χ4v) is 2.64. The van der Waals surface area contributed by atoms with Crippen LogP contribution in [-0.2, 0) is 14.3 Å². The number of piperazine rings is 1. The number of carbonyl (C=O) groups is 2. The molecule has 0 spiro atoms. The van der Waals surface area contributed by atoms with Crippen LogP contribution in [-0.4, -0.2) is 73.6 Å². The second kappa shape index (κ2) is 5.88. The number of hydrogen-bond donors (Lipinski definition) is 1. The van der Waals surface area contributed by atoms with Crippen molar-refractivity contribution in [1.29, 1.82) is 0 Å². The number of ether oxygens (including phenoxy) is 1. The van der Waals surface area contributed by atoms with Crippen molar-refractivity contribution in [3.8, 4) is 0 Å². The highest BCUT2D eigenvalue weighted by Crippen LogP contribution is 2.26. The van der Waals surface area contributed by atoms with E-state index in [0.717, 1.165) is 25.9 Å². The average Bonchev–Trinajstić information content (AvgIpc) is 2.87. The molecule has 1 atom stereocenters. The lowest BCUT2D eigenvalue weighted by Crippen LogP contribution is -2.52. The summed E-state index contributed by atoms with van der Waals surface area (Å²) in [5.74, 6) is -0.0765. The van der Waals surface area contributed by atoms with Crippen LogP contribution in [0, 0.1) is 0 Å². The summed E-state index contributed by atoms with van der Waals surface area (Å²) in [6.07, 6.45) is 1.64. The molecule has 1 unspecified atom stereocenters. The monoisotopic (exact) mass is 269 g/mol. The Morgan fingerprint density at radius 3 is 2.63 bits per heavy atom. The Labute approximate surface area is 114 Å². The Hall–Kier alpha value is -1.14. The molecule has 0 aliphatic carbocycles. The normalized spacial score (nSPS) is 27.4. The van der Waals surface area contributed by atoms with Gasteiger partial charge in [-0.15, -0.1) is 0 Å². The largest absolute Gasteiger partial charge is 0.365 e. The number of nitrogens with zero attached hydrogens (tertiary/aromatic N) is 2. The molecule has 2 rings (SSSR count). The zero-order valence-electron chi connectivity index (χ0n) is 11.8. The van der Waals surface area contributed by atoms with E-state index in [1.54, 1.807) is 11.9 Å². The molecular weight excluding hydrogens is 246 g/mol. The minimum Gasteiger partial charge on any atom is -0.365 e. The molecule has 6 nitrogen and oxygen atoms in total. The first-order valence-corrected chi connectivity index (χ1v) is 6.91. The summed E-state index contributed by atoms with van der Waals surface area (Å²) in [5, 5.41) is 3.20. The van der Waals surface area contributed by atoms with Crippen LogP contribution in [0.2, 0.25) is 0 Å². The molecule has 2 aliphatic heterocycles. The SMILES string of the molecule is CN(CC(=O)N1CCNCC1)C(=O)C1(C)CCCO1. The van der Waals surface area contributed by atoms with Crippen LogP contribution >= 0.6 is 0 Å². The van der Waals surface area contributed by atoms with Crippen LogP contribution in [0.25, 0.3) is 0 Å². The molecule has 2 saturated heterocycles. The molecule has 0 radical (unpaired) electrons. The quantitative estimate of drug-likeness (QED) is 0.746. The van der Waals surface area contributed by atoms with E-state index in [4.69, 9.17) is 4.74 Å². The average molecular weight is 269 g/mol. The van der Waals surface area contributed by atoms with Gasteiger partial charge in [-0.05, 0) is 19.8 Å².